The number of aliphatic hydroxyl groups excluding tert-OH is 1. The maximum atomic E-state index is 12.4. The summed E-state index contributed by atoms with van der Waals surface area (Å²) in [6.45, 7) is 3.37. The predicted octanol–water partition coefficient (Wildman–Crippen LogP) is 0.712. The summed E-state index contributed by atoms with van der Waals surface area (Å²) in [6.07, 6.45) is 0. The van der Waals surface area contributed by atoms with Crippen molar-refractivity contribution in [3.63, 3.8) is 0 Å². The van der Waals surface area contributed by atoms with Crippen molar-refractivity contribution in [2.75, 3.05) is 13.2 Å². The molecule has 106 valence electrons. The molecule has 0 heterocycles. The molecule has 0 aromatic heterocycles. The molecule has 0 bridgehead atoms. The van der Waals surface area contributed by atoms with Gasteiger partial charge in [-0.1, -0.05) is 24.4 Å². The Morgan fingerprint density at radius 3 is 2.26 bits per heavy atom. The molecule has 0 aliphatic heterocycles. The van der Waals surface area contributed by atoms with Crippen molar-refractivity contribution in [2.24, 2.45) is 5.73 Å². The Kier molecular flexibility index (Phi) is 5.42. The standard InChI is InChI=1S/C12H18N2O3S2/c1-9(2)14(7-8-15)19(16,17)11-5-3-10(4-6-11)12(13)18/h3-6,9,15H,7-8H2,1-2H3,(H2,13,18). The number of nitrogens with two attached hydrogens (primary N) is 1. The van der Waals surface area contributed by atoms with Gasteiger partial charge in [0.25, 0.3) is 0 Å². The molecule has 0 atom stereocenters. The number of nitrogens with zero attached hydrogens (tertiary/aromatic N) is 1. The minimum absolute atomic E-state index is 0.0665. The second kappa shape index (κ2) is 6.42. The second-order valence-electron chi connectivity index (χ2n) is 4.32. The zero-order valence-corrected chi connectivity index (χ0v) is 12.5. The van der Waals surface area contributed by atoms with E-state index in [0.29, 0.717) is 5.56 Å². The van der Waals surface area contributed by atoms with Crippen LogP contribution in [0.3, 0.4) is 0 Å². The van der Waals surface area contributed by atoms with Crippen LogP contribution in [0.25, 0.3) is 0 Å². The lowest BCUT2D eigenvalue weighted by Gasteiger charge is -2.25. The molecule has 1 aromatic rings. The third-order valence-corrected chi connectivity index (χ3v) is 4.97. The van der Waals surface area contributed by atoms with Gasteiger partial charge in [-0.05, 0) is 26.0 Å². The van der Waals surface area contributed by atoms with Crippen molar-refractivity contribution in [1.82, 2.24) is 4.31 Å². The molecule has 7 heteroatoms. The van der Waals surface area contributed by atoms with Crippen LogP contribution in [0, 0.1) is 0 Å². The lowest BCUT2D eigenvalue weighted by atomic mass is 10.2. The Morgan fingerprint density at radius 2 is 1.89 bits per heavy atom. The van der Waals surface area contributed by atoms with Crippen LogP contribution in [0.4, 0.5) is 0 Å². The Morgan fingerprint density at radius 1 is 1.37 bits per heavy atom. The highest BCUT2D eigenvalue weighted by Gasteiger charge is 2.26. The van der Waals surface area contributed by atoms with Gasteiger partial charge in [-0.3, -0.25) is 0 Å². The summed E-state index contributed by atoms with van der Waals surface area (Å²) in [6, 6.07) is 5.86. The molecule has 0 aliphatic rings. The average Bonchev–Trinajstić information content (AvgIpc) is 2.35. The molecule has 0 radical (unpaired) electrons. The van der Waals surface area contributed by atoms with Crippen LogP contribution < -0.4 is 5.73 Å². The Hall–Kier alpha value is -1.02. The maximum Gasteiger partial charge on any atom is 0.243 e. The van der Waals surface area contributed by atoms with Crippen molar-refractivity contribution < 1.29 is 13.5 Å². The molecule has 5 nitrogen and oxygen atoms in total. The normalized spacial score (nSPS) is 12.1. The monoisotopic (exact) mass is 302 g/mol. The summed E-state index contributed by atoms with van der Waals surface area (Å²) in [4.78, 5) is 0.384. The topological polar surface area (TPSA) is 83.6 Å². The first-order valence-corrected chi connectivity index (χ1v) is 7.68. The molecule has 1 rings (SSSR count). The minimum atomic E-state index is -3.62. The number of benzene rings is 1. The molecule has 0 fully saturated rings. The van der Waals surface area contributed by atoms with Crippen LogP contribution in [0.5, 0.6) is 0 Å². The highest BCUT2D eigenvalue weighted by molar-refractivity contribution is 7.89. The van der Waals surface area contributed by atoms with Crippen LogP contribution in [0.2, 0.25) is 0 Å². The second-order valence-corrected chi connectivity index (χ2v) is 6.65. The number of sulfonamides is 1. The van der Waals surface area contributed by atoms with Crippen molar-refractivity contribution in [1.29, 1.82) is 0 Å². The highest BCUT2D eigenvalue weighted by atomic mass is 32.2. The summed E-state index contributed by atoms with van der Waals surface area (Å²) in [7, 11) is -3.62. The first-order chi connectivity index (χ1) is 8.80. The maximum absolute atomic E-state index is 12.4. The molecule has 19 heavy (non-hydrogen) atoms. The summed E-state index contributed by atoms with van der Waals surface area (Å²) in [5.74, 6) is 0. The van der Waals surface area contributed by atoms with Gasteiger partial charge in [0, 0.05) is 18.2 Å². The molecule has 0 saturated heterocycles. The van der Waals surface area contributed by atoms with Crippen LogP contribution in [0.1, 0.15) is 19.4 Å². The van der Waals surface area contributed by atoms with Crippen LogP contribution in [0.15, 0.2) is 29.2 Å². The lowest BCUT2D eigenvalue weighted by Crippen LogP contribution is -2.38. The molecule has 0 spiro atoms. The third-order valence-electron chi connectivity index (χ3n) is 2.64. The first-order valence-electron chi connectivity index (χ1n) is 5.83. The SMILES string of the molecule is CC(C)N(CCO)S(=O)(=O)c1ccc(C(N)=S)cc1. The van der Waals surface area contributed by atoms with E-state index >= 15 is 0 Å². The minimum Gasteiger partial charge on any atom is -0.395 e. The van der Waals surface area contributed by atoms with E-state index in [2.05, 4.69) is 0 Å². The van der Waals surface area contributed by atoms with Crippen LogP contribution >= 0.6 is 12.2 Å². The van der Waals surface area contributed by atoms with E-state index in [0.717, 1.165) is 0 Å². The fraction of sp³-hybridized carbons (Fsp3) is 0.417. The third kappa shape index (κ3) is 3.73. The molecular weight excluding hydrogens is 284 g/mol. The molecule has 0 saturated carbocycles. The molecule has 3 N–H and O–H groups in total. The summed E-state index contributed by atoms with van der Waals surface area (Å²) >= 11 is 4.82. The van der Waals surface area contributed by atoms with Gasteiger partial charge in [0.1, 0.15) is 4.99 Å². The molecule has 0 aliphatic carbocycles. The van der Waals surface area contributed by atoms with Crippen molar-refractivity contribution in [3.8, 4) is 0 Å². The van der Waals surface area contributed by atoms with Gasteiger partial charge in [0.15, 0.2) is 0 Å². The van der Waals surface area contributed by atoms with Crippen LogP contribution in [-0.4, -0.2) is 42.0 Å². The van der Waals surface area contributed by atoms with Crippen LogP contribution in [-0.2, 0) is 10.0 Å². The Balaban J connectivity index is 3.14. The van der Waals surface area contributed by atoms with E-state index in [1.165, 1.54) is 16.4 Å². The number of aliphatic hydroxyl groups is 1. The molecule has 0 amide bonds. The van der Waals surface area contributed by atoms with Gasteiger partial charge >= 0.3 is 0 Å². The van der Waals surface area contributed by atoms with Gasteiger partial charge in [-0.15, -0.1) is 0 Å². The van der Waals surface area contributed by atoms with E-state index < -0.39 is 10.0 Å². The van der Waals surface area contributed by atoms with Gasteiger partial charge in [0.05, 0.1) is 11.5 Å². The van der Waals surface area contributed by atoms with Crippen molar-refractivity contribution in [2.45, 2.75) is 24.8 Å². The number of hydrogen-bond donors (Lipinski definition) is 2. The number of rotatable bonds is 6. The van der Waals surface area contributed by atoms with Gasteiger partial charge < -0.3 is 10.8 Å². The molecule has 0 unspecified atom stereocenters. The van der Waals surface area contributed by atoms with E-state index in [4.69, 9.17) is 23.1 Å². The zero-order chi connectivity index (χ0) is 14.6. The molecule has 1 aromatic carbocycles. The fourth-order valence-corrected chi connectivity index (χ4v) is 3.45. The van der Waals surface area contributed by atoms with Gasteiger partial charge in [0.2, 0.25) is 10.0 Å². The summed E-state index contributed by atoms with van der Waals surface area (Å²) in [5, 5.41) is 8.97. The largest absolute Gasteiger partial charge is 0.395 e. The summed E-state index contributed by atoms with van der Waals surface area (Å²) in [5.41, 5.74) is 6.08. The van der Waals surface area contributed by atoms with Crippen molar-refractivity contribution in [3.05, 3.63) is 29.8 Å². The fourth-order valence-electron chi connectivity index (χ4n) is 1.68. The smallest absolute Gasteiger partial charge is 0.243 e. The Bertz CT molecular complexity index is 539. The predicted molar refractivity (Wildman–Crippen MR) is 78.4 cm³/mol. The Labute approximate surface area is 119 Å². The van der Waals surface area contributed by atoms with E-state index in [1.807, 2.05) is 0 Å². The quantitative estimate of drug-likeness (QED) is 0.756. The van der Waals surface area contributed by atoms with Gasteiger partial charge in [-0.25, -0.2) is 8.42 Å². The van der Waals surface area contributed by atoms with E-state index in [1.54, 1.807) is 26.0 Å². The first kappa shape index (κ1) is 16.0. The van der Waals surface area contributed by atoms with E-state index in [9.17, 15) is 8.42 Å². The highest BCUT2D eigenvalue weighted by Crippen LogP contribution is 2.18. The number of hydrogen-bond acceptors (Lipinski definition) is 4. The number of thiocarbonyl (C=S) groups is 1. The summed E-state index contributed by atoms with van der Waals surface area (Å²) < 4.78 is 26.0. The van der Waals surface area contributed by atoms with Gasteiger partial charge in [-0.2, -0.15) is 4.31 Å². The molecular formula is C12H18N2O3S2. The van der Waals surface area contributed by atoms with Crippen molar-refractivity contribution >= 4 is 27.2 Å². The lowest BCUT2D eigenvalue weighted by molar-refractivity contribution is 0.236. The van der Waals surface area contributed by atoms with E-state index in [-0.39, 0.29) is 29.1 Å². The average molecular weight is 302 g/mol. The zero-order valence-electron chi connectivity index (χ0n) is 10.9.